The fourth-order valence-electron chi connectivity index (χ4n) is 4.55. The fourth-order valence-corrected chi connectivity index (χ4v) is 4.55. The molecular formula is C25H28N2O4. The smallest absolute Gasteiger partial charge is 0.337 e. The van der Waals surface area contributed by atoms with Crippen molar-refractivity contribution in [3.63, 3.8) is 0 Å². The summed E-state index contributed by atoms with van der Waals surface area (Å²) < 4.78 is 4.73. The predicted molar refractivity (Wildman–Crippen MR) is 120 cm³/mol. The summed E-state index contributed by atoms with van der Waals surface area (Å²) in [7, 11) is 1.32. The van der Waals surface area contributed by atoms with Crippen LogP contribution in [0.3, 0.4) is 0 Å². The van der Waals surface area contributed by atoms with Gasteiger partial charge in [0.15, 0.2) is 0 Å². The van der Waals surface area contributed by atoms with E-state index in [-0.39, 0.29) is 29.2 Å². The molecule has 2 aliphatic rings. The third-order valence-corrected chi connectivity index (χ3v) is 6.64. The Balaban J connectivity index is 1.80. The molecule has 0 saturated carbocycles. The van der Waals surface area contributed by atoms with Gasteiger partial charge < -0.3 is 10.1 Å². The minimum atomic E-state index is -0.451. The number of nitrogens with zero attached hydrogens (tertiary/aromatic N) is 1. The number of esters is 1. The molecule has 0 saturated heterocycles. The molecule has 1 N–H and O–H groups in total. The third kappa shape index (κ3) is 3.60. The van der Waals surface area contributed by atoms with Gasteiger partial charge in [0.2, 0.25) is 5.91 Å². The molecule has 0 unspecified atom stereocenters. The van der Waals surface area contributed by atoms with E-state index in [0.717, 1.165) is 18.4 Å². The summed E-state index contributed by atoms with van der Waals surface area (Å²) in [6.45, 7) is 8.74. The van der Waals surface area contributed by atoms with Gasteiger partial charge >= 0.3 is 5.97 Å². The van der Waals surface area contributed by atoms with Crippen molar-refractivity contribution in [2.24, 2.45) is 0 Å². The van der Waals surface area contributed by atoms with Crippen LogP contribution in [0.5, 0.6) is 0 Å². The Bertz CT molecular complexity index is 1080. The molecular weight excluding hydrogens is 392 g/mol. The second-order valence-corrected chi connectivity index (χ2v) is 9.69. The number of carbonyl (C=O) groups is 3. The highest BCUT2D eigenvalue weighted by atomic mass is 16.5. The summed E-state index contributed by atoms with van der Waals surface area (Å²) in [4.78, 5) is 39.4. The molecule has 0 bridgehead atoms. The van der Waals surface area contributed by atoms with E-state index in [1.807, 2.05) is 12.1 Å². The number of anilines is 2. The first-order valence-corrected chi connectivity index (χ1v) is 10.5. The standard InChI is InChI=1S/C25H28N2O4/c1-24(2)10-11-25(3,4)19-13-20-17(12-18(19)24)22(29)27(14-21(28)26-20)16-8-6-15(7-9-16)23(30)31-5/h6-9,12-13H,10-11,14H2,1-5H3,(H,26,28). The van der Waals surface area contributed by atoms with Crippen molar-refractivity contribution in [1.29, 1.82) is 0 Å². The SMILES string of the molecule is COC(=O)c1ccc(N2CC(=O)Nc3cc4c(cc3C2=O)C(C)(C)CCC4(C)C)cc1. The molecule has 0 fully saturated rings. The van der Waals surface area contributed by atoms with Crippen molar-refractivity contribution in [2.75, 3.05) is 23.9 Å². The van der Waals surface area contributed by atoms with Crippen LogP contribution in [-0.4, -0.2) is 31.4 Å². The minimum absolute atomic E-state index is 0.0244. The zero-order valence-corrected chi connectivity index (χ0v) is 18.7. The molecule has 0 aromatic heterocycles. The molecule has 0 atom stereocenters. The van der Waals surface area contributed by atoms with Gasteiger partial charge in [0.1, 0.15) is 6.54 Å². The number of amides is 2. The molecule has 1 aliphatic heterocycles. The Kier molecular flexibility index (Phi) is 4.91. The molecule has 0 spiro atoms. The van der Waals surface area contributed by atoms with E-state index >= 15 is 0 Å². The number of hydrogen-bond donors (Lipinski definition) is 1. The Morgan fingerprint density at radius 3 is 2.13 bits per heavy atom. The summed E-state index contributed by atoms with van der Waals surface area (Å²) in [5.41, 5.74) is 4.27. The molecule has 2 aromatic carbocycles. The number of benzene rings is 2. The average molecular weight is 421 g/mol. The van der Waals surface area contributed by atoms with Crippen LogP contribution in [0.2, 0.25) is 0 Å². The molecule has 6 heteroatoms. The van der Waals surface area contributed by atoms with Crippen molar-refractivity contribution in [1.82, 2.24) is 0 Å². The van der Waals surface area contributed by atoms with Crippen LogP contribution < -0.4 is 10.2 Å². The van der Waals surface area contributed by atoms with E-state index in [1.54, 1.807) is 24.3 Å². The molecule has 0 radical (unpaired) electrons. The maximum Gasteiger partial charge on any atom is 0.337 e. The van der Waals surface area contributed by atoms with Crippen LogP contribution in [0.15, 0.2) is 36.4 Å². The van der Waals surface area contributed by atoms with Crippen molar-refractivity contribution >= 4 is 29.2 Å². The molecule has 2 amide bonds. The monoisotopic (exact) mass is 420 g/mol. The molecule has 6 nitrogen and oxygen atoms in total. The van der Waals surface area contributed by atoms with Gasteiger partial charge in [-0.3, -0.25) is 14.5 Å². The van der Waals surface area contributed by atoms with E-state index in [4.69, 9.17) is 4.74 Å². The molecule has 2 aromatic rings. The highest BCUT2D eigenvalue weighted by Crippen LogP contribution is 2.47. The summed E-state index contributed by atoms with van der Waals surface area (Å²) in [6, 6.07) is 10.5. The topological polar surface area (TPSA) is 75.7 Å². The Morgan fingerprint density at radius 1 is 0.968 bits per heavy atom. The van der Waals surface area contributed by atoms with Crippen molar-refractivity contribution < 1.29 is 19.1 Å². The average Bonchev–Trinajstić information content (AvgIpc) is 2.86. The highest BCUT2D eigenvalue weighted by molar-refractivity contribution is 6.17. The largest absolute Gasteiger partial charge is 0.465 e. The Hall–Kier alpha value is -3.15. The van der Waals surface area contributed by atoms with E-state index in [2.05, 4.69) is 33.0 Å². The van der Waals surface area contributed by atoms with E-state index in [0.29, 0.717) is 22.5 Å². The summed E-state index contributed by atoms with van der Waals surface area (Å²) >= 11 is 0. The van der Waals surface area contributed by atoms with Crippen LogP contribution in [0.25, 0.3) is 0 Å². The van der Waals surface area contributed by atoms with Gasteiger partial charge in [-0.05, 0) is 71.2 Å². The summed E-state index contributed by atoms with van der Waals surface area (Å²) in [5, 5.41) is 2.93. The van der Waals surface area contributed by atoms with Gasteiger partial charge in [-0.15, -0.1) is 0 Å². The van der Waals surface area contributed by atoms with Crippen LogP contribution in [0.4, 0.5) is 11.4 Å². The molecule has 31 heavy (non-hydrogen) atoms. The number of fused-ring (bicyclic) bond motifs is 2. The lowest BCUT2D eigenvalue weighted by Crippen LogP contribution is -2.36. The summed E-state index contributed by atoms with van der Waals surface area (Å²) in [6.07, 6.45) is 2.08. The second-order valence-electron chi connectivity index (χ2n) is 9.69. The molecule has 1 heterocycles. The second kappa shape index (κ2) is 7.22. The van der Waals surface area contributed by atoms with Gasteiger partial charge in [-0.2, -0.15) is 0 Å². The third-order valence-electron chi connectivity index (χ3n) is 6.64. The number of hydrogen-bond acceptors (Lipinski definition) is 4. The van der Waals surface area contributed by atoms with Crippen molar-refractivity contribution in [3.8, 4) is 0 Å². The quantitative estimate of drug-likeness (QED) is 0.730. The molecule has 162 valence electrons. The summed E-state index contributed by atoms with van der Waals surface area (Å²) in [5.74, 6) is -0.938. The van der Waals surface area contributed by atoms with E-state index in [9.17, 15) is 14.4 Å². The lowest BCUT2D eigenvalue weighted by Gasteiger charge is -2.42. The van der Waals surface area contributed by atoms with Crippen molar-refractivity contribution in [2.45, 2.75) is 51.4 Å². The maximum atomic E-state index is 13.6. The lowest BCUT2D eigenvalue weighted by atomic mass is 9.63. The highest BCUT2D eigenvalue weighted by Gasteiger charge is 2.39. The van der Waals surface area contributed by atoms with Gasteiger partial charge in [0, 0.05) is 5.69 Å². The normalized spacial score (nSPS) is 19.1. The van der Waals surface area contributed by atoms with E-state index in [1.165, 1.54) is 17.6 Å². The van der Waals surface area contributed by atoms with Crippen LogP contribution >= 0.6 is 0 Å². The maximum absolute atomic E-state index is 13.6. The predicted octanol–water partition coefficient (Wildman–Crippen LogP) is 4.42. The van der Waals surface area contributed by atoms with Crippen LogP contribution in [0, 0.1) is 0 Å². The Labute approximate surface area is 182 Å². The number of rotatable bonds is 2. The number of methoxy groups -OCH3 is 1. The zero-order chi connectivity index (χ0) is 22.6. The Morgan fingerprint density at radius 2 is 1.55 bits per heavy atom. The number of ether oxygens (including phenoxy) is 1. The van der Waals surface area contributed by atoms with Gasteiger partial charge in [0.05, 0.1) is 23.9 Å². The first kappa shape index (κ1) is 21.1. The van der Waals surface area contributed by atoms with Crippen molar-refractivity contribution in [3.05, 3.63) is 58.7 Å². The minimum Gasteiger partial charge on any atom is -0.465 e. The van der Waals surface area contributed by atoms with Crippen LogP contribution in [-0.2, 0) is 20.4 Å². The number of carbonyl (C=O) groups excluding carboxylic acids is 3. The zero-order valence-electron chi connectivity index (χ0n) is 18.7. The van der Waals surface area contributed by atoms with Gasteiger partial charge in [-0.1, -0.05) is 27.7 Å². The molecule has 1 aliphatic carbocycles. The lowest BCUT2D eigenvalue weighted by molar-refractivity contribution is -0.114. The number of nitrogens with one attached hydrogen (secondary N) is 1. The molecule has 4 rings (SSSR count). The van der Waals surface area contributed by atoms with Crippen LogP contribution in [0.1, 0.15) is 72.4 Å². The van der Waals surface area contributed by atoms with E-state index < -0.39 is 5.97 Å². The van der Waals surface area contributed by atoms with Gasteiger partial charge in [-0.25, -0.2) is 4.79 Å². The van der Waals surface area contributed by atoms with Gasteiger partial charge in [0.25, 0.3) is 5.91 Å². The first-order valence-electron chi connectivity index (χ1n) is 10.5. The fraction of sp³-hybridized carbons (Fsp3) is 0.400. The first-order chi connectivity index (χ1) is 14.5.